The van der Waals surface area contributed by atoms with E-state index in [0.717, 1.165) is 26.2 Å². The van der Waals surface area contributed by atoms with Crippen LogP contribution in [-0.2, 0) is 0 Å². The molecule has 0 amide bonds. The number of aromatic nitrogens is 2. The number of nitrogens with two attached hydrogens (primary N) is 1. The molecule has 4 aromatic rings. The van der Waals surface area contributed by atoms with Crippen molar-refractivity contribution in [3.8, 4) is 11.5 Å². The van der Waals surface area contributed by atoms with Gasteiger partial charge >= 0.3 is 0 Å². The van der Waals surface area contributed by atoms with Gasteiger partial charge in [0, 0.05) is 32.2 Å². The lowest BCUT2D eigenvalue weighted by Gasteiger charge is -2.40. The SMILES string of the molecule is COc1cc(OC)c(Nc2ncnc(N3CCN(C(c4ccccc4)c4ccccc4)CC3)c2N)cc1Cl. The van der Waals surface area contributed by atoms with Gasteiger partial charge in [-0.15, -0.1) is 0 Å². The predicted octanol–water partition coefficient (Wildman–Crippen LogP) is 5.38. The van der Waals surface area contributed by atoms with Crippen molar-refractivity contribution in [3.05, 3.63) is 95.3 Å². The first kappa shape index (κ1) is 25.6. The van der Waals surface area contributed by atoms with Crippen molar-refractivity contribution in [2.45, 2.75) is 6.04 Å². The van der Waals surface area contributed by atoms with Gasteiger partial charge in [0.05, 0.1) is 31.0 Å². The molecule has 0 saturated carbocycles. The van der Waals surface area contributed by atoms with Crippen LogP contribution in [0.5, 0.6) is 11.5 Å². The Morgan fingerprint density at radius 3 is 2.03 bits per heavy atom. The molecule has 1 fully saturated rings. The van der Waals surface area contributed by atoms with Gasteiger partial charge in [0.15, 0.2) is 11.6 Å². The summed E-state index contributed by atoms with van der Waals surface area (Å²) in [6.07, 6.45) is 1.52. The molecular formula is C29H31ClN6O2. The van der Waals surface area contributed by atoms with Crippen LogP contribution >= 0.6 is 11.6 Å². The van der Waals surface area contributed by atoms with Crippen molar-refractivity contribution >= 4 is 34.6 Å². The quantitative estimate of drug-likeness (QED) is 0.314. The van der Waals surface area contributed by atoms with E-state index < -0.39 is 0 Å². The minimum Gasteiger partial charge on any atom is -0.495 e. The van der Waals surface area contributed by atoms with Crippen LogP contribution < -0.4 is 25.4 Å². The summed E-state index contributed by atoms with van der Waals surface area (Å²) in [7, 11) is 3.14. The summed E-state index contributed by atoms with van der Waals surface area (Å²) in [5.74, 6) is 2.28. The number of nitrogen functional groups attached to an aromatic ring is 1. The smallest absolute Gasteiger partial charge is 0.159 e. The summed E-state index contributed by atoms with van der Waals surface area (Å²) in [6.45, 7) is 3.30. The Kier molecular flexibility index (Phi) is 7.81. The summed E-state index contributed by atoms with van der Waals surface area (Å²) >= 11 is 6.35. The second-order valence-corrected chi connectivity index (χ2v) is 9.43. The molecule has 2 heterocycles. The van der Waals surface area contributed by atoms with E-state index in [2.05, 4.69) is 85.7 Å². The summed E-state index contributed by atoms with van der Waals surface area (Å²) in [5.41, 5.74) is 10.3. The Morgan fingerprint density at radius 2 is 1.45 bits per heavy atom. The van der Waals surface area contributed by atoms with Crippen molar-refractivity contribution in [2.75, 3.05) is 56.3 Å². The summed E-state index contributed by atoms with van der Waals surface area (Å²) in [6, 6.07) is 24.9. The molecule has 3 N–H and O–H groups in total. The van der Waals surface area contributed by atoms with Crippen LogP contribution in [0, 0.1) is 0 Å². The summed E-state index contributed by atoms with van der Waals surface area (Å²) in [4.78, 5) is 13.6. The molecule has 0 spiro atoms. The van der Waals surface area contributed by atoms with E-state index in [9.17, 15) is 0 Å². The zero-order chi connectivity index (χ0) is 26.5. The second-order valence-electron chi connectivity index (χ2n) is 9.02. The number of nitrogens with zero attached hydrogens (tertiary/aromatic N) is 4. The van der Waals surface area contributed by atoms with Crippen LogP contribution in [0.25, 0.3) is 0 Å². The molecule has 1 aliphatic heterocycles. The van der Waals surface area contributed by atoms with Gasteiger partial charge in [0.2, 0.25) is 0 Å². The average molecular weight is 531 g/mol. The van der Waals surface area contributed by atoms with Crippen LogP contribution in [0.3, 0.4) is 0 Å². The largest absolute Gasteiger partial charge is 0.495 e. The lowest BCUT2D eigenvalue weighted by Crippen LogP contribution is -2.48. The molecule has 8 nitrogen and oxygen atoms in total. The highest BCUT2D eigenvalue weighted by molar-refractivity contribution is 6.32. The van der Waals surface area contributed by atoms with Crippen LogP contribution in [0.15, 0.2) is 79.1 Å². The number of hydrogen-bond donors (Lipinski definition) is 2. The fourth-order valence-corrected chi connectivity index (χ4v) is 5.14. The molecule has 0 bridgehead atoms. The lowest BCUT2D eigenvalue weighted by atomic mass is 9.96. The topological polar surface area (TPSA) is 88.8 Å². The number of nitrogens with one attached hydrogen (secondary N) is 1. The van der Waals surface area contributed by atoms with Crippen molar-refractivity contribution in [2.24, 2.45) is 0 Å². The third kappa shape index (κ3) is 5.32. The maximum atomic E-state index is 6.58. The Hall–Kier alpha value is -4.01. The molecule has 0 aliphatic carbocycles. The fourth-order valence-electron chi connectivity index (χ4n) is 4.90. The van der Waals surface area contributed by atoms with Gasteiger partial charge < -0.3 is 25.4 Å². The molecule has 38 heavy (non-hydrogen) atoms. The average Bonchev–Trinajstić information content (AvgIpc) is 2.96. The third-order valence-corrected chi connectivity index (χ3v) is 7.09. The number of ether oxygens (including phenoxy) is 2. The van der Waals surface area contributed by atoms with E-state index in [0.29, 0.717) is 39.5 Å². The van der Waals surface area contributed by atoms with Crippen molar-refractivity contribution in [1.29, 1.82) is 0 Å². The summed E-state index contributed by atoms with van der Waals surface area (Å²) < 4.78 is 10.8. The van der Waals surface area contributed by atoms with E-state index in [1.165, 1.54) is 17.5 Å². The predicted molar refractivity (Wildman–Crippen MR) is 153 cm³/mol. The highest BCUT2D eigenvalue weighted by Crippen LogP contribution is 2.39. The number of methoxy groups -OCH3 is 2. The molecule has 9 heteroatoms. The maximum absolute atomic E-state index is 6.58. The number of piperazine rings is 1. The first-order valence-electron chi connectivity index (χ1n) is 12.5. The van der Waals surface area contributed by atoms with Crippen LogP contribution in [0.4, 0.5) is 23.0 Å². The van der Waals surface area contributed by atoms with Gasteiger partial charge in [-0.25, -0.2) is 9.97 Å². The van der Waals surface area contributed by atoms with E-state index >= 15 is 0 Å². The van der Waals surface area contributed by atoms with Gasteiger partial charge in [-0.1, -0.05) is 72.3 Å². The van der Waals surface area contributed by atoms with Gasteiger partial charge in [0.25, 0.3) is 0 Å². The van der Waals surface area contributed by atoms with E-state index in [-0.39, 0.29) is 6.04 Å². The van der Waals surface area contributed by atoms with Crippen LogP contribution in [0.1, 0.15) is 17.2 Å². The zero-order valence-corrected chi connectivity index (χ0v) is 22.2. The van der Waals surface area contributed by atoms with Crippen molar-refractivity contribution in [1.82, 2.24) is 14.9 Å². The van der Waals surface area contributed by atoms with Gasteiger partial charge in [-0.2, -0.15) is 0 Å². The zero-order valence-electron chi connectivity index (χ0n) is 21.5. The van der Waals surface area contributed by atoms with Gasteiger partial charge in [-0.05, 0) is 17.2 Å². The number of benzene rings is 3. The monoisotopic (exact) mass is 530 g/mol. The Morgan fingerprint density at radius 1 is 0.842 bits per heavy atom. The first-order valence-corrected chi connectivity index (χ1v) is 12.8. The normalized spacial score (nSPS) is 13.9. The number of halogens is 1. The maximum Gasteiger partial charge on any atom is 0.159 e. The Balaban J connectivity index is 1.35. The van der Waals surface area contributed by atoms with Crippen molar-refractivity contribution < 1.29 is 9.47 Å². The molecule has 1 saturated heterocycles. The minimum absolute atomic E-state index is 0.187. The molecule has 0 unspecified atom stereocenters. The number of hydrogen-bond acceptors (Lipinski definition) is 8. The molecule has 5 rings (SSSR count). The Bertz CT molecular complexity index is 1330. The molecule has 1 aromatic heterocycles. The van der Waals surface area contributed by atoms with Crippen LogP contribution in [0.2, 0.25) is 5.02 Å². The first-order chi connectivity index (χ1) is 18.6. The molecule has 196 valence electrons. The highest BCUT2D eigenvalue weighted by atomic mass is 35.5. The number of rotatable bonds is 8. The van der Waals surface area contributed by atoms with E-state index in [4.69, 9.17) is 26.8 Å². The van der Waals surface area contributed by atoms with E-state index in [1.807, 2.05) is 0 Å². The minimum atomic E-state index is 0.187. The van der Waals surface area contributed by atoms with Gasteiger partial charge in [-0.3, -0.25) is 4.90 Å². The van der Waals surface area contributed by atoms with Gasteiger partial charge in [0.1, 0.15) is 23.5 Å². The highest BCUT2D eigenvalue weighted by Gasteiger charge is 2.28. The third-order valence-electron chi connectivity index (χ3n) is 6.80. The summed E-state index contributed by atoms with van der Waals surface area (Å²) in [5, 5.41) is 3.71. The fraction of sp³-hybridized carbons (Fsp3) is 0.241. The Labute approximate surface area is 228 Å². The number of anilines is 4. The molecule has 0 atom stereocenters. The lowest BCUT2D eigenvalue weighted by molar-refractivity contribution is 0.212. The molecule has 0 radical (unpaired) electrons. The van der Waals surface area contributed by atoms with Crippen molar-refractivity contribution in [3.63, 3.8) is 0 Å². The van der Waals surface area contributed by atoms with E-state index in [1.54, 1.807) is 26.4 Å². The second kappa shape index (κ2) is 11.6. The van der Waals surface area contributed by atoms with Crippen LogP contribution in [-0.4, -0.2) is 55.3 Å². The standard InChI is InChI=1S/C29H31ClN6O2/c1-37-24-18-25(38-2)23(17-22(24)30)34-28-26(31)29(33-19-32-28)36-15-13-35(14-16-36)27(20-9-5-3-6-10-20)21-11-7-4-8-12-21/h3-12,17-19,27H,13-16,31H2,1-2H3,(H,32,33,34). The molecule has 3 aromatic carbocycles. The molecular weight excluding hydrogens is 500 g/mol. The molecule has 1 aliphatic rings.